The molecule has 4 nitrogen and oxygen atoms in total. The normalized spacial score (nSPS) is 10.2. The first-order valence-corrected chi connectivity index (χ1v) is 5.13. The van der Waals surface area contributed by atoms with E-state index in [2.05, 4.69) is 0 Å². The Morgan fingerprint density at radius 2 is 2.25 bits per heavy atom. The Morgan fingerprint density at radius 3 is 2.81 bits per heavy atom. The number of non-ortho nitro benzene ring substituents is 1. The Balaban J connectivity index is 3.05. The summed E-state index contributed by atoms with van der Waals surface area (Å²) in [6.45, 7) is 0. The van der Waals surface area contributed by atoms with Gasteiger partial charge in [-0.05, 0) is 18.1 Å². The van der Waals surface area contributed by atoms with Crippen molar-refractivity contribution >= 4 is 23.4 Å². The number of hydrogen-bond acceptors (Lipinski definition) is 3. The second-order valence-corrected chi connectivity index (χ2v) is 3.44. The maximum atomic E-state index is 10.6. The van der Waals surface area contributed by atoms with Gasteiger partial charge in [-0.15, -0.1) is 11.6 Å². The van der Waals surface area contributed by atoms with Gasteiger partial charge in [-0.2, -0.15) is 5.26 Å². The summed E-state index contributed by atoms with van der Waals surface area (Å²) in [4.78, 5) is 10.1. The summed E-state index contributed by atoms with van der Waals surface area (Å²) < 4.78 is 0. The third-order valence-corrected chi connectivity index (χ3v) is 2.08. The maximum Gasteiger partial charge on any atom is 0.271 e. The SMILES string of the molecule is N#Cc1cc(C=CCCCl)cc([N+](=O)[O-])c1. The van der Waals surface area contributed by atoms with Gasteiger partial charge in [0.25, 0.3) is 5.69 Å². The summed E-state index contributed by atoms with van der Waals surface area (Å²) in [5.41, 5.74) is 0.833. The van der Waals surface area contributed by atoms with Crippen LogP contribution in [0.5, 0.6) is 0 Å². The van der Waals surface area contributed by atoms with Crippen molar-refractivity contribution in [1.82, 2.24) is 0 Å². The van der Waals surface area contributed by atoms with E-state index < -0.39 is 4.92 Å². The fraction of sp³-hybridized carbons (Fsp3) is 0.182. The first-order chi connectivity index (χ1) is 7.67. The summed E-state index contributed by atoms with van der Waals surface area (Å²) in [6, 6.07) is 6.15. The van der Waals surface area contributed by atoms with Gasteiger partial charge in [0, 0.05) is 18.0 Å². The third kappa shape index (κ3) is 3.37. The van der Waals surface area contributed by atoms with Crippen LogP contribution in [-0.4, -0.2) is 10.8 Å². The highest BCUT2D eigenvalue weighted by molar-refractivity contribution is 6.17. The molecule has 16 heavy (non-hydrogen) atoms. The zero-order valence-corrected chi connectivity index (χ0v) is 9.15. The van der Waals surface area contributed by atoms with Gasteiger partial charge in [0.15, 0.2) is 0 Å². The highest BCUT2D eigenvalue weighted by atomic mass is 35.5. The predicted octanol–water partition coefficient (Wildman–Crippen LogP) is 3.11. The molecule has 0 atom stereocenters. The van der Waals surface area contributed by atoms with Gasteiger partial charge in [0.05, 0.1) is 16.6 Å². The molecular formula is C11H9ClN2O2. The molecule has 0 radical (unpaired) electrons. The number of rotatable bonds is 4. The Morgan fingerprint density at radius 1 is 1.50 bits per heavy atom. The molecule has 1 rings (SSSR count). The lowest BCUT2D eigenvalue weighted by molar-refractivity contribution is -0.384. The molecular weight excluding hydrogens is 228 g/mol. The molecule has 0 saturated heterocycles. The van der Waals surface area contributed by atoms with Crippen LogP contribution in [0.25, 0.3) is 6.08 Å². The maximum absolute atomic E-state index is 10.6. The minimum Gasteiger partial charge on any atom is -0.258 e. The summed E-state index contributed by atoms with van der Waals surface area (Å²) in [5, 5.41) is 19.3. The van der Waals surface area contributed by atoms with E-state index in [1.807, 2.05) is 12.1 Å². The molecule has 0 amide bonds. The lowest BCUT2D eigenvalue weighted by Gasteiger charge is -1.96. The van der Waals surface area contributed by atoms with Crippen LogP contribution in [0.4, 0.5) is 5.69 Å². The first kappa shape index (κ1) is 12.2. The van der Waals surface area contributed by atoms with E-state index in [1.54, 1.807) is 12.1 Å². The topological polar surface area (TPSA) is 66.9 Å². The van der Waals surface area contributed by atoms with Crippen LogP contribution in [0.3, 0.4) is 0 Å². The molecule has 0 heterocycles. The number of nitriles is 1. The summed E-state index contributed by atoms with van der Waals surface area (Å²) in [7, 11) is 0. The van der Waals surface area contributed by atoms with Crippen molar-refractivity contribution in [2.45, 2.75) is 6.42 Å². The number of hydrogen-bond donors (Lipinski definition) is 0. The average molecular weight is 237 g/mol. The van der Waals surface area contributed by atoms with E-state index in [9.17, 15) is 10.1 Å². The van der Waals surface area contributed by atoms with Crippen molar-refractivity contribution < 1.29 is 4.92 Å². The Labute approximate surface area is 97.9 Å². The van der Waals surface area contributed by atoms with Gasteiger partial charge in [-0.25, -0.2) is 0 Å². The molecule has 0 fully saturated rings. The smallest absolute Gasteiger partial charge is 0.258 e. The van der Waals surface area contributed by atoms with E-state index in [-0.39, 0.29) is 11.3 Å². The predicted molar refractivity (Wildman–Crippen MR) is 62.2 cm³/mol. The first-order valence-electron chi connectivity index (χ1n) is 4.59. The Bertz CT molecular complexity index is 464. The molecule has 0 saturated carbocycles. The number of allylic oxidation sites excluding steroid dienone is 1. The van der Waals surface area contributed by atoms with Gasteiger partial charge in [0.1, 0.15) is 0 Å². The second kappa shape index (κ2) is 5.89. The summed E-state index contributed by atoms with van der Waals surface area (Å²) >= 11 is 5.50. The van der Waals surface area contributed by atoms with Crippen LogP contribution < -0.4 is 0 Å². The molecule has 5 heteroatoms. The van der Waals surface area contributed by atoms with E-state index in [0.717, 1.165) is 0 Å². The third-order valence-electron chi connectivity index (χ3n) is 1.87. The van der Waals surface area contributed by atoms with Crippen molar-refractivity contribution in [1.29, 1.82) is 5.26 Å². The van der Waals surface area contributed by atoms with Crippen LogP contribution in [-0.2, 0) is 0 Å². The van der Waals surface area contributed by atoms with Gasteiger partial charge in [-0.1, -0.05) is 12.2 Å². The number of halogens is 1. The van der Waals surface area contributed by atoms with Crippen LogP contribution in [0, 0.1) is 21.4 Å². The number of nitrogens with zero attached hydrogens (tertiary/aromatic N) is 2. The molecule has 0 aliphatic carbocycles. The molecule has 0 N–H and O–H groups in total. The number of nitro benzene ring substituents is 1. The van der Waals surface area contributed by atoms with E-state index in [0.29, 0.717) is 17.9 Å². The van der Waals surface area contributed by atoms with Gasteiger partial charge < -0.3 is 0 Å². The molecule has 82 valence electrons. The van der Waals surface area contributed by atoms with Crippen LogP contribution in [0.2, 0.25) is 0 Å². The zero-order valence-electron chi connectivity index (χ0n) is 8.39. The molecule has 0 unspecified atom stereocenters. The van der Waals surface area contributed by atoms with E-state index in [4.69, 9.17) is 16.9 Å². The molecule has 0 aromatic heterocycles. The van der Waals surface area contributed by atoms with Crippen molar-refractivity contribution in [3.05, 3.63) is 45.5 Å². The average Bonchev–Trinajstić information content (AvgIpc) is 2.29. The number of nitro groups is 1. The van der Waals surface area contributed by atoms with Crippen molar-refractivity contribution in [2.24, 2.45) is 0 Å². The molecule has 1 aromatic carbocycles. The molecule has 1 aromatic rings. The Hall–Kier alpha value is -1.86. The van der Waals surface area contributed by atoms with Crippen molar-refractivity contribution in [3.63, 3.8) is 0 Å². The van der Waals surface area contributed by atoms with Crippen LogP contribution in [0.15, 0.2) is 24.3 Å². The van der Waals surface area contributed by atoms with Gasteiger partial charge in [-0.3, -0.25) is 10.1 Å². The fourth-order valence-electron chi connectivity index (χ4n) is 1.18. The lowest BCUT2D eigenvalue weighted by atomic mass is 10.1. The lowest BCUT2D eigenvalue weighted by Crippen LogP contribution is -1.90. The van der Waals surface area contributed by atoms with Gasteiger partial charge in [0.2, 0.25) is 0 Å². The number of benzene rings is 1. The monoisotopic (exact) mass is 236 g/mol. The fourth-order valence-corrected chi connectivity index (χ4v) is 1.31. The minimum absolute atomic E-state index is 0.0791. The second-order valence-electron chi connectivity index (χ2n) is 3.06. The van der Waals surface area contributed by atoms with E-state index >= 15 is 0 Å². The van der Waals surface area contributed by atoms with Gasteiger partial charge >= 0.3 is 0 Å². The molecule has 0 aliphatic rings. The summed E-state index contributed by atoms with van der Waals surface area (Å²) in [6.07, 6.45) is 4.22. The minimum atomic E-state index is -0.514. The zero-order chi connectivity index (χ0) is 12.0. The van der Waals surface area contributed by atoms with Crippen molar-refractivity contribution in [2.75, 3.05) is 5.88 Å². The van der Waals surface area contributed by atoms with Crippen molar-refractivity contribution in [3.8, 4) is 6.07 Å². The van der Waals surface area contributed by atoms with Crippen LogP contribution >= 0.6 is 11.6 Å². The Kier molecular flexibility index (Phi) is 4.49. The van der Waals surface area contributed by atoms with Crippen LogP contribution in [0.1, 0.15) is 17.5 Å². The largest absolute Gasteiger partial charge is 0.271 e. The highest BCUT2D eigenvalue weighted by Gasteiger charge is 2.07. The van der Waals surface area contributed by atoms with E-state index in [1.165, 1.54) is 12.1 Å². The standard InChI is InChI=1S/C11H9ClN2O2/c12-4-2-1-3-9-5-10(8-13)7-11(6-9)14(15)16/h1,3,5-7H,2,4H2. The summed E-state index contributed by atoms with van der Waals surface area (Å²) in [5.74, 6) is 0.497. The quantitative estimate of drug-likeness (QED) is 0.458. The highest BCUT2D eigenvalue weighted by Crippen LogP contribution is 2.18. The molecule has 0 bridgehead atoms. The number of alkyl halides is 1. The molecule has 0 aliphatic heterocycles. The molecule has 0 spiro atoms.